The van der Waals surface area contributed by atoms with E-state index in [9.17, 15) is 0 Å². The van der Waals surface area contributed by atoms with Gasteiger partial charge in [-0.25, -0.2) is 0 Å². The normalized spacial score (nSPS) is 19.6. The first-order valence-corrected chi connectivity index (χ1v) is 4.49. The molecule has 0 saturated carbocycles. The van der Waals surface area contributed by atoms with E-state index in [1.807, 2.05) is 6.20 Å². The van der Waals surface area contributed by atoms with Gasteiger partial charge >= 0.3 is 0 Å². The first-order chi connectivity index (χ1) is 5.86. The summed E-state index contributed by atoms with van der Waals surface area (Å²) in [6, 6.07) is 4.29. The van der Waals surface area contributed by atoms with Gasteiger partial charge in [-0.05, 0) is 31.5 Å². The number of hydrogen-bond acceptors (Lipinski definition) is 2. The summed E-state index contributed by atoms with van der Waals surface area (Å²) in [5.74, 6) is 0.644. The third-order valence-electron chi connectivity index (χ3n) is 2.41. The average Bonchev–Trinajstić information content (AvgIpc) is 2.58. The Morgan fingerprint density at radius 3 is 2.64 bits per heavy atom. The molecule has 0 bridgehead atoms. The van der Waals surface area contributed by atoms with Crippen LogP contribution in [0.2, 0.25) is 0 Å². The molecule has 1 aromatic rings. The van der Waals surface area contributed by atoms with E-state index < -0.39 is 0 Å². The molecule has 0 aromatic carbocycles. The van der Waals surface area contributed by atoms with Crippen molar-refractivity contribution in [2.45, 2.75) is 19.3 Å². The number of aryl methyl sites for hydroxylation is 1. The monoisotopic (exact) mass is 234 g/mol. The van der Waals surface area contributed by atoms with Gasteiger partial charge in [0.25, 0.3) is 0 Å². The number of rotatable bonds is 1. The lowest BCUT2D eigenvalue weighted by molar-refractivity contribution is 0.734. The van der Waals surface area contributed by atoms with Gasteiger partial charge in [0.1, 0.15) is 0 Å². The number of pyridine rings is 1. The summed E-state index contributed by atoms with van der Waals surface area (Å²) in [6.07, 6.45) is 3.18. The first-order valence-electron chi connectivity index (χ1n) is 4.49. The predicted octanol–water partition coefficient (Wildman–Crippen LogP) is 2.31. The summed E-state index contributed by atoms with van der Waals surface area (Å²) in [5, 5.41) is 3.35. The molecule has 0 radical (unpaired) electrons. The second kappa shape index (κ2) is 6.23. The van der Waals surface area contributed by atoms with Gasteiger partial charge in [-0.3, -0.25) is 4.98 Å². The van der Waals surface area contributed by atoms with Crippen LogP contribution in [0.25, 0.3) is 0 Å². The van der Waals surface area contributed by atoms with Gasteiger partial charge in [0.05, 0.1) is 0 Å². The molecule has 1 fully saturated rings. The summed E-state index contributed by atoms with van der Waals surface area (Å²) in [7, 11) is 0. The van der Waals surface area contributed by atoms with Gasteiger partial charge in [-0.15, -0.1) is 24.8 Å². The van der Waals surface area contributed by atoms with E-state index in [0.717, 1.165) is 13.1 Å². The highest BCUT2D eigenvalue weighted by molar-refractivity contribution is 5.85. The Labute approximate surface area is 97.3 Å². The minimum atomic E-state index is 0. The van der Waals surface area contributed by atoms with Gasteiger partial charge < -0.3 is 5.32 Å². The highest BCUT2D eigenvalue weighted by Gasteiger charge is 2.16. The van der Waals surface area contributed by atoms with Crippen molar-refractivity contribution in [2.24, 2.45) is 0 Å². The highest BCUT2D eigenvalue weighted by atomic mass is 35.5. The van der Waals surface area contributed by atoms with Gasteiger partial charge in [0.15, 0.2) is 0 Å². The number of nitrogens with one attached hydrogen (secondary N) is 1. The number of hydrogen-bond donors (Lipinski definition) is 1. The SMILES string of the molecule is Cc1ccc(C2CCNC2)nc1.Cl.Cl. The largest absolute Gasteiger partial charge is 0.316 e. The summed E-state index contributed by atoms with van der Waals surface area (Å²) >= 11 is 0. The molecule has 2 nitrogen and oxygen atoms in total. The van der Waals surface area contributed by atoms with E-state index in [0.29, 0.717) is 5.92 Å². The minimum Gasteiger partial charge on any atom is -0.316 e. The molecule has 14 heavy (non-hydrogen) atoms. The van der Waals surface area contributed by atoms with Crippen molar-refractivity contribution in [2.75, 3.05) is 13.1 Å². The molecule has 1 aliphatic rings. The quantitative estimate of drug-likeness (QED) is 0.807. The molecule has 80 valence electrons. The maximum Gasteiger partial charge on any atom is 0.0447 e. The second-order valence-electron chi connectivity index (χ2n) is 3.45. The Bertz CT molecular complexity index is 255. The molecule has 1 aliphatic heterocycles. The zero-order valence-corrected chi connectivity index (χ0v) is 9.83. The first kappa shape index (κ1) is 13.7. The van der Waals surface area contributed by atoms with Crippen molar-refractivity contribution in [3.8, 4) is 0 Å². The van der Waals surface area contributed by atoms with Crippen LogP contribution in [0.4, 0.5) is 0 Å². The van der Waals surface area contributed by atoms with Crippen molar-refractivity contribution >= 4 is 24.8 Å². The smallest absolute Gasteiger partial charge is 0.0447 e. The maximum absolute atomic E-state index is 4.42. The van der Waals surface area contributed by atoms with Crippen molar-refractivity contribution in [3.05, 3.63) is 29.6 Å². The molecular formula is C10H16Cl2N2. The molecule has 0 aliphatic carbocycles. The van der Waals surface area contributed by atoms with Crippen LogP contribution >= 0.6 is 24.8 Å². The molecular weight excluding hydrogens is 219 g/mol. The van der Waals surface area contributed by atoms with Crippen LogP contribution in [-0.4, -0.2) is 18.1 Å². The standard InChI is InChI=1S/C10H14N2.2ClH/c1-8-2-3-10(12-6-8)9-4-5-11-7-9;;/h2-3,6,9,11H,4-5,7H2,1H3;2*1H. The van der Waals surface area contributed by atoms with Crippen LogP contribution in [0.3, 0.4) is 0 Å². The molecule has 0 amide bonds. The second-order valence-corrected chi connectivity index (χ2v) is 3.45. The van der Waals surface area contributed by atoms with E-state index in [1.54, 1.807) is 0 Å². The van der Waals surface area contributed by atoms with Gasteiger partial charge in [0.2, 0.25) is 0 Å². The average molecular weight is 235 g/mol. The fourth-order valence-corrected chi connectivity index (χ4v) is 1.63. The maximum atomic E-state index is 4.42. The van der Waals surface area contributed by atoms with Crippen LogP contribution in [0.15, 0.2) is 18.3 Å². The molecule has 1 atom stereocenters. The van der Waals surface area contributed by atoms with Crippen molar-refractivity contribution < 1.29 is 0 Å². The highest BCUT2D eigenvalue weighted by Crippen LogP contribution is 2.19. The van der Waals surface area contributed by atoms with E-state index in [2.05, 4.69) is 29.4 Å². The molecule has 2 heterocycles. The van der Waals surface area contributed by atoms with Crippen molar-refractivity contribution in [3.63, 3.8) is 0 Å². The fraction of sp³-hybridized carbons (Fsp3) is 0.500. The van der Waals surface area contributed by atoms with Crippen LogP contribution in [0.1, 0.15) is 23.6 Å². The molecule has 1 N–H and O–H groups in total. The summed E-state index contributed by atoms with van der Waals surface area (Å²) in [6.45, 7) is 4.31. The lowest BCUT2D eigenvalue weighted by Gasteiger charge is -2.06. The minimum absolute atomic E-state index is 0. The molecule has 1 aromatic heterocycles. The Morgan fingerprint density at radius 2 is 2.14 bits per heavy atom. The fourth-order valence-electron chi connectivity index (χ4n) is 1.63. The molecule has 2 rings (SSSR count). The molecule has 1 unspecified atom stereocenters. The van der Waals surface area contributed by atoms with Crippen molar-refractivity contribution in [1.82, 2.24) is 10.3 Å². The zero-order valence-electron chi connectivity index (χ0n) is 8.19. The molecule has 1 saturated heterocycles. The molecule has 0 spiro atoms. The third-order valence-corrected chi connectivity index (χ3v) is 2.41. The van der Waals surface area contributed by atoms with Crippen molar-refractivity contribution in [1.29, 1.82) is 0 Å². The Kier molecular flexibility index (Phi) is 6.09. The number of nitrogens with zero attached hydrogens (tertiary/aromatic N) is 1. The third kappa shape index (κ3) is 3.12. The van der Waals surface area contributed by atoms with Gasteiger partial charge in [-0.1, -0.05) is 6.07 Å². The van der Waals surface area contributed by atoms with Crippen LogP contribution in [0, 0.1) is 6.92 Å². The Hall–Kier alpha value is -0.310. The predicted molar refractivity (Wildman–Crippen MR) is 63.7 cm³/mol. The molecule has 4 heteroatoms. The van der Waals surface area contributed by atoms with Gasteiger partial charge in [-0.2, -0.15) is 0 Å². The van der Waals surface area contributed by atoms with Crippen LogP contribution < -0.4 is 5.32 Å². The lowest BCUT2D eigenvalue weighted by atomic mass is 10.0. The zero-order chi connectivity index (χ0) is 8.39. The van der Waals surface area contributed by atoms with E-state index in [1.165, 1.54) is 17.7 Å². The lowest BCUT2D eigenvalue weighted by Crippen LogP contribution is -2.08. The number of halogens is 2. The van der Waals surface area contributed by atoms with Gasteiger partial charge in [0, 0.05) is 24.4 Å². The topological polar surface area (TPSA) is 24.9 Å². The number of aromatic nitrogens is 1. The van der Waals surface area contributed by atoms with Crippen LogP contribution in [-0.2, 0) is 0 Å². The van der Waals surface area contributed by atoms with E-state index in [-0.39, 0.29) is 24.8 Å². The summed E-state index contributed by atoms with van der Waals surface area (Å²) in [5.41, 5.74) is 2.48. The Balaban J connectivity index is 0.000000845. The van der Waals surface area contributed by atoms with E-state index in [4.69, 9.17) is 0 Å². The van der Waals surface area contributed by atoms with E-state index >= 15 is 0 Å². The summed E-state index contributed by atoms with van der Waals surface area (Å²) < 4.78 is 0. The Morgan fingerprint density at radius 1 is 1.36 bits per heavy atom. The van der Waals surface area contributed by atoms with Crippen LogP contribution in [0.5, 0.6) is 0 Å². The summed E-state index contributed by atoms with van der Waals surface area (Å²) in [4.78, 5) is 4.42.